The van der Waals surface area contributed by atoms with Gasteiger partial charge in [0.25, 0.3) is 0 Å². The molecular weight excluding hydrogens is 392 g/mol. The number of ether oxygens (including phenoxy) is 2. The van der Waals surface area contributed by atoms with Crippen molar-refractivity contribution < 1.29 is 13.9 Å². The van der Waals surface area contributed by atoms with E-state index in [1.54, 1.807) is 0 Å². The minimum Gasteiger partial charge on any atom is -0.465 e. The zero-order valence-corrected chi connectivity index (χ0v) is 19.4. The molecule has 0 aromatic carbocycles. The Kier molecular flexibility index (Phi) is 8.27. The summed E-state index contributed by atoms with van der Waals surface area (Å²) in [4.78, 5) is 9.48. The second-order valence-electron chi connectivity index (χ2n) is 9.14. The first-order valence-electron chi connectivity index (χ1n) is 12.2. The molecule has 0 amide bonds. The Morgan fingerprint density at radius 1 is 1.13 bits per heavy atom. The summed E-state index contributed by atoms with van der Waals surface area (Å²) in [6, 6.07) is 4.45. The van der Waals surface area contributed by atoms with E-state index in [0.717, 1.165) is 82.7 Å². The molecule has 1 N–H and O–H groups in total. The number of nitrogens with zero attached hydrogens (tertiary/aromatic N) is 3. The smallest absolute Gasteiger partial charge is 0.193 e. The molecule has 7 heteroatoms. The van der Waals surface area contributed by atoms with Crippen LogP contribution in [0.25, 0.3) is 0 Å². The summed E-state index contributed by atoms with van der Waals surface area (Å²) in [5.41, 5.74) is 0. The van der Waals surface area contributed by atoms with Gasteiger partial charge in [-0.15, -0.1) is 0 Å². The third-order valence-electron chi connectivity index (χ3n) is 6.87. The van der Waals surface area contributed by atoms with E-state index < -0.39 is 0 Å². The molecule has 3 saturated heterocycles. The number of nitrogens with one attached hydrogen (secondary N) is 1. The Hall–Kier alpha value is -1.57. The van der Waals surface area contributed by atoms with Gasteiger partial charge in [-0.1, -0.05) is 0 Å². The highest BCUT2D eigenvalue weighted by Gasteiger charge is 2.28. The van der Waals surface area contributed by atoms with Crippen molar-refractivity contribution in [3.8, 4) is 0 Å². The van der Waals surface area contributed by atoms with Gasteiger partial charge in [-0.2, -0.15) is 0 Å². The van der Waals surface area contributed by atoms with Crippen molar-refractivity contribution in [2.24, 2.45) is 4.99 Å². The number of furan rings is 1. The maximum atomic E-state index is 6.18. The zero-order valence-electron chi connectivity index (χ0n) is 19.4. The van der Waals surface area contributed by atoms with E-state index in [9.17, 15) is 0 Å². The van der Waals surface area contributed by atoms with Crippen LogP contribution in [-0.4, -0.2) is 81.0 Å². The van der Waals surface area contributed by atoms with Crippen LogP contribution < -0.4 is 5.32 Å². The maximum absolute atomic E-state index is 6.18. The largest absolute Gasteiger partial charge is 0.465 e. The van der Waals surface area contributed by atoms with Crippen LogP contribution in [0.4, 0.5) is 0 Å². The molecule has 3 fully saturated rings. The van der Waals surface area contributed by atoms with E-state index in [0.29, 0.717) is 12.2 Å². The van der Waals surface area contributed by atoms with Crippen LogP contribution in [0.3, 0.4) is 0 Å². The molecule has 3 aliphatic rings. The zero-order chi connectivity index (χ0) is 21.5. The topological polar surface area (TPSA) is 62.5 Å². The number of likely N-dealkylation sites (tertiary alicyclic amines) is 2. The Labute approximate surface area is 187 Å². The fraction of sp³-hybridized carbons (Fsp3) is 0.792. The van der Waals surface area contributed by atoms with Gasteiger partial charge in [-0.05, 0) is 77.1 Å². The van der Waals surface area contributed by atoms with Crippen LogP contribution >= 0.6 is 0 Å². The first kappa shape index (κ1) is 22.6. The molecule has 0 bridgehead atoms. The summed E-state index contributed by atoms with van der Waals surface area (Å²) in [7, 11) is 1.88. The van der Waals surface area contributed by atoms with Gasteiger partial charge in [0, 0.05) is 33.3 Å². The molecule has 2 atom stereocenters. The van der Waals surface area contributed by atoms with Gasteiger partial charge in [0.2, 0.25) is 0 Å². The minimum atomic E-state index is 0.254. The van der Waals surface area contributed by atoms with Gasteiger partial charge in [0.05, 0.1) is 24.9 Å². The van der Waals surface area contributed by atoms with Crippen LogP contribution in [0, 0.1) is 6.92 Å². The molecule has 4 rings (SSSR count). The van der Waals surface area contributed by atoms with Crippen molar-refractivity contribution in [2.45, 2.75) is 70.1 Å². The highest BCUT2D eigenvalue weighted by atomic mass is 16.5. The molecule has 0 radical (unpaired) electrons. The highest BCUT2D eigenvalue weighted by molar-refractivity contribution is 5.80. The highest BCUT2D eigenvalue weighted by Crippen LogP contribution is 2.26. The van der Waals surface area contributed by atoms with E-state index >= 15 is 0 Å². The number of hydrogen-bond donors (Lipinski definition) is 1. The van der Waals surface area contributed by atoms with Crippen LogP contribution in [0.15, 0.2) is 21.5 Å². The van der Waals surface area contributed by atoms with Gasteiger partial charge in [-0.25, -0.2) is 0 Å². The standard InChI is InChI=1S/C24H40N4O3/c1-19-8-9-23(31-19)22(27-12-4-5-13-27)17-26-24(25-2)28-14-10-20(11-15-28)30-18-21-7-3-6-16-29-21/h8-9,20-22H,3-7,10-18H2,1-2H3,(H,25,26). The lowest BCUT2D eigenvalue weighted by atomic mass is 10.1. The second kappa shape index (κ2) is 11.3. The van der Waals surface area contributed by atoms with Crippen LogP contribution in [0.5, 0.6) is 0 Å². The third kappa shape index (κ3) is 6.24. The molecule has 1 aromatic heterocycles. The first-order chi connectivity index (χ1) is 15.2. The molecule has 1 aromatic rings. The van der Waals surface area contributed by atoms with Crippen molar-refractivity contribution in [1.82, 2.24) is 15.1 Å². The lowest BCUT2D eigenvalue weighted by Gasteiger charge is -2.36. The second-order valence-corrected chi connectivity index (χ2v) is 9.14. The van der Waals surface area contributed by atoms with Crippen molar-refractivity contribution in [3.05, 3.63) is 23.7 Å². The summed E-state index contributed by atoms with van der Waals surface area (Å²) in [5, 5.41) is 3.64. The monoisotopic (exact) mass is 432 g/mol. The summed E-state index contributed by atoms with van der Waals surface area (Å²) in [5.74, 6) is 3.02. The number of hydrogen-bond acceptors (Lipinski definition) is 5. The Balaban J connectivity index is 1.25. The average molecular weight is 433 g/mol. The van der Waals surface area contributed by atoms with E-state index in [1.807, 2.05) is 14.0 Å². The SMILES string of the molecule is CN=C(NCC(c1ccc(C)o1)N1CCCC1)N1CCC(OCC2CCCCO2)CC1. The van der Waals surface area contributed by atoms with Crippen molar-refractivity contribution in [2.75, 3.05) is 53.0 Å². The fourth-order valence-electron chi connectivity index (χ4n) is 5.03. The normalized spacial score (nSPS) is 25.2. The average Bonchev–Trinajstić information content (AvgIpc) is 3.49. The molecular formula is C24H40N4O3. The molecule has 7 nitrogen and oxygen atoms in total. The molecule has 0 aliphatic carbocycles. The summed E-state index contributed by atoms with van der Waals surface area (Å²) < 4.78 is 18.0. The van der Waals surface area contributed by atoms with E-state index in [-0.39, 0.29) is 6.04 Å². The van der Waals surface area contributed by atoms with Crippen LogP contribution in [0.2, 0.25) is 0 Å². The number of aliphatic imine (C=N–C) groups is 1. The van der Waals surface area contributed by atoms with E-state index in [1.165, 1.54) is 25.7 Å². The third-order valence-corrected chi connectivity index (χ3v) is 6.87. The fourth-order valence-corrected chi connectivity index (χ4v) is 5.03. The number of guanidine groups is 1. The van der Waals surface area contributed by atoms with Gasteiger partial charge in [0.1, 0.15) is 11.5 Å². The molecule has 0 saturated carbocycles. The van der Waals surface area contributed by atoms with Gasteiger partial charge in [0.15, 0.2) is 5.96 Å². The molecule has 0 spiro atoms. The lowest BCUT2D eigenvalue weighted by molar-refractivity contribution is -0.0721. The van der Waals surface area contributed by atoms with Crippen molar-refractivity contribution in [3.63, 3.8) is 0 Å². The Bertz CT molecular complexity index is 687. The van der Waals surface area contributed by atoms with Crippen LogP contribution in [-0.2, 0) is 9.47 Å². The summed E-state index contributed by atoms with van der Waals surface area (Å²) in [6.07, 6.45) is 8.86. The maximum Gasteiger partial charge on any atom is 0.193 e. The number of rotatable bonds is 7. The van der Waals surface area contributed by atoms with Crippen molar-refractivity contribution in [1.29, 1.82) is 0 Å². The van der Waals surface area contributed by atoms with Gasteiger partial charge >= 0.3 is 0 Å². The predicted molar refractivity (Wildman–Crippen MR) is 122 cm³/mol. The van der Waals surface area contributed by atoms with E-state index in [2.05, 4.69) is 32.2 Å². The Morgan fingerprint density at radius 3 is 2.58 bits per heavy atom. The molecule has 3 aliphatic heterocycles. The number of aryl methyl sites for hydroxylation is 1. The predicted octanol–water partition coefficient (Wildman–Crippen LogP) is 3.35. The molecule has 4 heterocycles. The molecule has 174 valence electrons. The summed E-state index contributed by atoms with van der Waals surface area (Å²) >= 11 is 0. The van der Waals surface area contributed by atoms with Crippen LogP contribution in [0.1, 0.15) is 62.5 Å². The quantitative estimate of drug-likeness (QED) is 0.527. The summed E-state index contributed by atoms with van der Waals surface area (Å²) in [6.45, 7) is 8.70. The minimum absolute atomic E-state index is 0.254. The Morgan fingerprint density at radius 2 is 1.94 bits per heavy atom. The molecule has 2 unspecified atom stereocenters. The molecule has 31 heavy (non-hydrogen) atoms. The lowest BCUT2D eigenvalue weighted by Crippen LogP contribution is -2.49. The van der Waals surface area contributed by atoms with E-state index in [4.69, 9.17) is 13.9 Å². The van der Waals surface area contributed by atoms with Gasteiger partial charge in [-0.3, -0.25) is 9.89 Å². The van der Waals surface area contributed by atoms with Gasteiger partial charge < -0.3 is 24.1 Å². The number of piperidine rings is 1. The first-order valence-corrected chi connectivity index (χ1v) is 12.2. The van der Waals surface area contributed by atoms with Crippen molar-refractivity contribution >= 4 is 5.96 Å².